The van der Waals surface area contributed by atoms with Crippen LogP contribution in [0.5, 0.6) is 0 Å². The third kappa shape index (κ3) is 2.10. The summed E-state index contributed by atoms with van der Waals surface area (Å²) in [6.45, 7) is 0.930. The summed E-state index contributed by atoms with van der Waals surface area (Å²) in [6.07, 6.45) is 5.10. The lowest BCUT2D eigenvalue weighted by Crippen LogP contribution is -2.35. The van der Waals surface area contributed by atoms with Crippen molar-refractivity contribution < 1.29 is 5.11 Å². The van der Waals surface area contributed by atoms with Gasteiger partial charge in [-0.15, -0.1) is 0 Å². The van der Waals surface area contributed by atoms with Gasteiger partial charge in [-0.2, -0.15) is 4.37 Å². The third-order valence-corrected chi connectivity index (χ3v) is 4.65. The van der Waals surface area contributed by atoms with Crippen LogP contribution in [0.4, 0.5) is 5.00 Å². The van der Waals surface area contributed by atoms with Crippen LogP contribution in [-0.4, -0.2) is 28.7 Å². The van der Waals surface area contributed by atoms with Crippen molar-refractivity contribution in [3.63, 3.8) is 0 Å². The van der Waals surface area contributed by atoms with Gasteiger partial charge in [-0.25, -0.2) is 0 Å². The van der Waals surface area contributed by atoms with Gasteiger partial charge in [0.2, 0.25) is 0 Å². The topological polar surface area (TPSA) is 36.4 Å². The van der Waals surface area contributed by atoms with Crippen LogP contribution >= 0.6 is 11.5 Å². The van der Waals surface area contributed by atoms with Crippen molar-refractivity contribution in [2.75, 3.05) is 18.1 Å². The predicted molar refractivity (Wildman–Crippen MR) is 76.3 cm³/mol. The second kappa shape index (κ2) is 5.24. The summed E-state index contributed by atoms with van der Waals surface area (Å²) in [5, 5.41) is 11.8. The first kappa shape index (κ1) is 11.9. The van der Waals surface area contributed by atoms with Crippen molar-refractivity contribution in [1.82, 2.24) is 4.37 Å². The van der Waals surface area contributed by atoms with Crippen LogP contribution in [-0.2, 0) is 0 Å². The molecule has 1 heterocycles. The van der Waals surface area contributed by atoms with Gasteiger partial charge in [-0.1, -0.05) is 25.0 Å². The van der Waals surface area contributed by atoms with Crippen LogP contribution in [0.3, 0.4) is 0 Å². The van der Waals surface area contributed by atoms with E-state index < -0.39 is 0 Å². The number of aromatic nitrogens is 1. The Morgan fingerprint density at radius 1 is 1.28 bits per heavy atom. The van der Waals surface area contributed by atoms with E-state index in [1.807, 2.05) is 6.07 Å². The van der Waals surface area contributed by atoms with Crippen LogP contribution < -0.4 is 4.90 Å². The number of fused-ring (bicyclic) bond motifs is 1. The van der Waals surface area contributed by atoms with Crippen molar-refractivity contribution in [2.45, 2.75) is 31.7 Å². The first-order valence-corrected chi connectivity index (χ1v) is 7.39. The fourth-order valence-corrected chi connectivity index (χ4v) is 3.82. The molecule has 0 atom stereocenters. The molecular weight excluding hydrogens is 244 g/mol. The van der Waals surface area contributed by atoms with E-state index in [1.54, 1.807) is 11.5 Å². The Kier molecular flexibility index (Phi) is 3.48. The second-order valence-electron chi connectivity index (χ2n) is 4.86. The number of hydrogen-bond acceptors (Lipinski definition) is 4. The van der Waals surface area contributed by atoms with Gasteiger partial charge >= 0.3 is 0 Å². The monoisotopic (exact) mass is 262 g/mol. The molecule has 1 N–H and O–H groups in total. The lowest BCUT2D eigenvalue weighted by Gasteiger charge is -2.29. The number of anilines is 1. The number of hydrogen-bond donors (Lipinski definition) is 1. The lowest BCUT2D eigenvalue weighted by molar-refractivity contribution is 0.297. The maximum Gasteiger partial charge on any atom is 0.120 e. The van der Waals surface area contributed by atoms with Crippen molar-refractivity contribution in [1.29, 1.82) is 0 Å². The molecule has 3 rings (SSSR count). The molecule has 0 amide bonds. The Labute approximate surface area is 111 Å². The molecule has 0 bridgehead atoms. The molecule has 0 saturated heterocycles. The summed E-state index contributed by atoms with van der Waals surface area (Å²) in [7, 11) is 0. The summed E-state index contributed by atoms with van der Waals surface area (Å²) in [4.78, 5) is 2.37. The van der Waals surface area contributed by atoms with E-state index in [-0.39, 0.29) is 6.61 Å². The SMILES string of the molecule is OCCN(c1snc2ccccc12)C1CCCC1. The van der Waals surface area contributed by atoms with Crippen LogP contribution in [0, 0.1) is 0 Å². The molecule has 2 aromatic rings. The number of aliphatic hydroxyl groups is 1. The number of nitrogens with zero attached hydrogens (tertiary/aromatic N) is 2. The first-order valence-electron chi connectivity index (χ1n) is 6.62. The Bertz CT molecular complexity index is 519. The molecule has 1 aliphatic rings. The van der Waals surface area contributed by atoms with Gasteiger partial charge in [-0.3, -0.25) is 0 Å². The van der Waals surface area contributed by atoms with Crippen LogP contribution in [0.15, 0.2) is 24.3 Å². The maximum absolute atomic E-state index is 9.31. The highest BCUT2D eigenvalue weighted by molar-refractivity contribution is 7.11. The third-order valence-electron chi connectivity index (χ3n) is 3.73. The molecule has 4 heteroatoms. The Hall–Kier alpha value is -1.13. The molecule has 3 nitrogen and oxygen atoms in total. The minimum Gasteiger partial charge on any atom is -0.395 e. The minimum absolute atomic E-state index is 0.211. The smallest absolute Gasteiger partial charge is 0.120 e. The number of benzene rings is 1. The molecule has 0 spiro atoms. The Balaban J connectivity index is 1.98. The van der Waals surface area contributed by atoms with Gasteiger partial charge in [0, 0.05) is 18.0 Å². The van der Waals surface area contributed by atoms with E-state index in [0.29, 0.717) is 6.04 Å². The molecule has 1 aliphatic carbocycles. The molecule has 0 radical (unpaired) electrons. The van der Waals surface area contributed by atoms with E-state index >= 15 is 0 Å². The van der Waals surface area contributed by atoms with Crippen LogP contribution in [0.1, 0.15) is 25.7 Å². The predicted octanol–water partition coefficient (Wildman–Crippen LogP) is 3.04. The zero-order chi connectivity index (χ0) is 12.4. The van der Waals surface area contributed by atoms with Gasteiger partial charge in [-0.05, 0) is 36.5 Å². The van der Waals surface area contributed by atoms with Gasteiger partial charge in [0.05, 0.1) is 12.1 Å². The van der Waals surface area contributed by atoms with Crippen molar-refractivity contribution >= 4 is 27.4 Å². The largest absolute Gasteiger partial charge is 0.395 e. The highest BCUT2D eigenvalue weighted by Gasteiger charge is 2.25. The molecule has 0 aliphatic heterocycles. The molecule has 1 saturated carbocycles. The average Bonchev–Trinajstić information content (AvgIpc) is 3.06. The lowest BCUT2D eigenvalue weighted by atomic mass is 10.2. The highest BCUT2D eigenvalue weighted by atomic mass is 32.1. The zero-order valence-corrected chi connectivity index (χ0v) is 11.2. The maximum atomic E-state index is 9.31. The summed E-state index contributed by atoms with van der Waals surface area (Å²) in [6, 6.07) is 8.86. The van der Waals surface area contributed by atoms with Crippen molar-refractivity contribution in [2.24, 2.45) is 0 Å². The molecule has 1 fully saturated rings. The molecule has 0 unspecified atom stereocenters. The van der Waals surface area contributed by atoms with E-state index in [2.05, 4.69) is 27.5 Å². The molecule has 1 aromatic heterocycles. The Morgan fingerprint density at radius 2 is 2.06 bits per heavy atom. The summed E-state index contributed by atoms with van der Waals surface area (Å²) in [5.41, 5.74) is 1.07. The fraction of sp³-hybridized carbons (Fsp3) is 0.500. The summed E-state index contributed by atoms with van der Waals surface area (Å²) in [5.74, 6) is 0. The van der Waals surface area contributed by atoms with E-state index in [4.69, 9.17) is 0 Å². The van der Waals surface area contributed by atoms with Gasteiger partial charge in [0.25, 0.3) is 0 Å². The molecule has 1 aromatic carbocycles. The molecule has 96 valence electrons. The zero-order valence-electron chi connectivity index (χ0n) is 10.4. The van der Waals surface area contributed by atoms with Gasteiger partial charge < -0.3 is 10.0 Å². The normalized spacial score (nSPS) is 16.5. The summed E-state index contributed by atoms with van der Waals surface area (Å²) >= 11 is 1.56. The van der Waals surface area contributed by atoms with E-state index in [9.17, 15) is 5.11 Å². The molecule has 18 heavy (non-hydrogen) atoms. The first-order chi connectivity index (χ1) is 8.90. The van der Waals surface area contributed by atoms with Gasteiger partial charge in [0.1, 0.15) is 5.00 Å². The standard InChI is InChI=1S/C14H18N2OS/c17-10-9-16(11-5-1-2-6-11)14-12-7-3-4-8-13(12)15-18-14/h3-4,7-8,11,17H,1-2,5-6,9-10H2. The van der Waals surface area contributed by atoms with E-state index in [1.165, 1.54) is 36.1 Å². The second-order valence-corrected chi connectivity index (χ2v) is 5.61. The number of aliphatic hydroxyl groups excluding tert-OH is 1. The minimum atomic E-state index is 0.211. The van der Waals surface area contributed by atoms with Crippen LogP contribution in [0.25, 0.3) is 10.9 Å². The Morgan fingerprint density at radius 3 is 2.83 bits per heavy atom. The van der Waals surface area contributed by atoms with Crippen LogP contribution in [0.2, 0.25) is 0 Å². The van der Waals surface area contributed by atoms with Gasteiger partial charge in [0.15, 0.2) is 0 Å². The van der Waals surface area contributed by atoms with Crippen molar-refractivity contribution in [3.05, 3.63) is 24.3 Å². The fourth-order valence-electron chi connectivity index (χ4n) is 2.86. The highest BCUT2D eigenvalue weighted by Crippen LogP contribution is 2.35. The average molecular weight is 262 g/mol. The quantitative estimate of drug-likeness (QED) is 0.920. The molecular formula is C14H18N2OS. The van der Waals surface area contributed by atoms with Crippen molar-refractivity contribution in [3.8, 4) is 0 Å². The summed E-state index contributed by atoms with van der Waals surface area (Å²) < 4.78 is 4.51. The number of rotatable bonds is 4. The van der Waals surface area contributed by atoms with E-state index in [0.717, 1.165) is 12.1 Å².